The minimum absolute atomic E-state index is 0.107. The fraction of sp³-hybridized carbons (Fsp3) is 0.182. The molecule has 0 spiro atoms. The van der Waals surface area contributed by atoms with Crippen molar-refractivity contribution < 1.29 is 9.18 Å². The number of nitrogens with zero attached hydrogens (tertiary/aromatic N) is 6. The van der Waals surface area contributed by atoms with Crippen molar-refractivity contribution in [2.24, 2.45) is 0 Å². The summed E-state index contributed by atoms with van der Waals surface area (Å²) in [4.78, 5) is 30.4. The lowest BCUT2D eigenvalue weighted by Gasteiger charge is -2.35. The van der Waals surface area contributed by atoms with Crippen LogP contribution in [0.3, 0.4) is 0 Å². The van der Waals surface area contributed by atoms with E-state index in [0.29, 0.717) is 30.1 Å². The number of carbonyl (C=O) groups excluding carboxylic acids is 1. The van der Waals surface area contributed by atoms with Crippen LogP contribution in [0.1, 0.15) is 10.5 Å². The quantitative estimate of drug-likeness (QED) is 0.527. The number of piperazine rings is 1. The van der Waals surface area contributed by atoms with Gasteiger partial charge in [0.2, 0.25) is 0 Å². The largest absolute Gasteiger partial charge is 0.353 e. The lowest BCUT2D eigenvalue weighted by atomic mass is 10.1. The van der Waals surface area contributed by atoms with Gasteiger partial charge in [0.25, 0.3) is 5.91 Å². The second-order valence-corrected chi connectivity index (χ2v) is 7.11. The second kappa shape index (κ2) is 7.55. The van der Waals surface area contributed by atoms with E-state index in [2.05, 4.69) is 19.9 Å². The Hall–Kier alpha value is -3.81. The van der Waals surface area contributed by atoms with Crippen molar-refractivity contribution in [1.29, 1.82) is 0 Å². The second-order valence-electron chi connectivity index (χ2n) is 7.11. The molecule has 1 fully saturated rings. The highest BCUT2D eigenvalue weighted by Gasteiger charge is 2.25. The fourth-order valence-corrected chi connectivity index (χ4v) is 3.68. The van der Waals surface area contributed by atoms with Crippen LogP contribution in [0.25, 0.3) is 16.9 Å². The van der Waals surface area contributed by atoms with E-state index >= 15 is 0 Å². The molecule has 0 unspecified atom stereocenters. The van der Waals surface area contributed by atoms with Gasteiger partial charge in [0.15, 0.2) is 5.65 Å². The van der Waals surface area contributed by atoms with E-state index in [1.807, 2.05) is 23.1 Å². The van der Waals surface area contributed by atoms with Crippen molar-refractivity contribution in [2.45, 2.75) is 0 Å². The smallest absolute Gasteiger partial charge is 0.274 e. The molecule has 3 aromatic heterocycles. The summed E-state index contributed by atoms with van der Waals surface area (Å²) in [6.45, 7) is 2.65. The molecule has 4 aromatic rings. The number of fused-ring (bicyclic) bond motifs is 1. The molecule has 30 heavy (non-hydrogen) atoms. The SMILES string of the molecule is O=C(c1cn2ccnc(-c3ccc(F)cc3)c2n1)N1CCN(c2ccccn2)CC1. The first-order chi connectivity index (χ1) is 14.7. The number of anilines is 1. The third kappa shape index (κ3) is 3.36. The Morgan fingerprint density at radius 1 is 0.933 bits per heavy atom. The molecule has 0 saturated carbocycles. The summed E-state index contributed by atoms with van der Waals surface area (Å²) in [6.07, 6.45) is 6.90. The van der Waals surface area contributed by atoms with E-state index in [1.165, 1.54) is 12.1 Å². The van der Waals surface area contributed by atoms with Gasteiger partial charge in [0.1, 0.15) is 23.0 Å². The maximum Gasteiger partial charge on any atom is 0.274 e. The standard InChI is InChI=1S/C22H19FN6O/c23-17-6-4-16(5-7-17)20-21-26-18(15-29(21)10-9-25-20)22(30)28-13-11-27(12-14-28)19-3-1-2-8-24-19/h1-10,15H,11-14H2. The molecular weight excluding hydrogens is 383 g/mol. The summed E-state index contributed by atoms with van der Waals surface area (Å²) < 4.78 is 15.1. The van der Waals surface area contributed by atoms with Gasteiger partial charge >= 0.3 is 0 Å². The molecule has 0 N–H and O–H groups in total. The maximum atomic E-state index is 13.3. The van der Waals surface area contributed by atoms with E-state index in [0.717, 1.165) is 24.5 Å². The lowest BCUT2D eigenvalue weighted by molar-refractivity contribution is 0.0741. The summed E-state index contributed by atoms with van der Waals surface area (Å²) in [5.74, 6) is 0.506. The molecule has 4 heterocycles. The summed E-state index contributed by atoms with van der Waals surface area (Å²) in [7, 11) is 0. The fourth-order valence-electron chi connectivity index (χ4n) is 3.68. The zero-order valence-corrected chi connectivity index (χ0v) is 16.1. The summed E-state index contributed by atoms with van der Waals surface area (Å²) in [5, 5.41) is 0. The van der Waals surface area contributed by atoms with Crippen LogP contribution in [0.2, 0.25) is 0 Å². The van der Waals surface area contributed by atoms with Crippen LogP contribution in [0.5, 0.6) is 0 Å². The number of hydrogen-bond donors (Lipinski definition) is 0. The Kier molecular flexibility index (Phi) is 4.59. The number of aromatic nitrogens is 4. The third-order valence-corrected chi connectivity index (χ3v) is 5.25. The van der Waals surface area contributed by atoms with E-state index in [1.54, 1.807) is 41.3 Å². The molecule has 1 aliphatic heterocycles. The highest BCUT2D eigenvalue weighted by atomic mass is 19.1. The first-order valence-electron chi connectivity index (χ1n) is 9.74. The molecule has 1 aliphatic rings. The Morgan fingerprint density at radius 2 is 1.73 bits per heavy atom. The molecule has 0 bridgehead atoms. The minimum atomic E-state index is -0.310. The molecule has 8 heteroatoms. The van der Waals surface area contributed by atoms with Gasteiger partial charge in [-0.2, -0.15) is 0 Å². The van der Waals surface area contributed by atoms with E-state index in [9.17, 15) is 9.18 Å². The van der Waals surface area contributed by atoms with Gasteiger partial charge in [-0.25, -0.2) is 14.4 Å². The van der Waals surface area contributed by atoms with Crippen LogP contribution in [0.4, 0.5) is 10.2 Å². The Morgan fingerprint density at radius 3 is 2.47 bits per heavy atom. The summed E-state index contributed by atoms with van der Waals surface area (Å²) >= 11 is 0. The number of rotatable bonds is 3. The predicted octanol–water partition coefficient (Wildman–Crippen LogP) is 2.89. The molecule has 1 aromatic carbocycles. The number of hydrogen-bond acceptors (Lipinski definition) is 5. The van der Waals surface area contributed by atoms with Crippen LogP contribution < -0.4 is 4.90 Å². The van der Waals surface area contributed by atoms with Gasteiger partial charge < -0.3 is 14.2 Å². The molecule has 1 saturated heterocycles. The molecule has 1 amide bonds. The van der Waals surface area contributed by atoms with Gasteiger partial charge in [-0.05, 0) is 36.4 Å². The third-order valence-electron chi connectivity index (χ3n) is 5.25. The van der Waals surface area contributed by atoms with E-state index in [4.69, 9.17) is 0 Å². The van der Waals surface area contributed by atoms with Gasteiger partial charge in [0.05, 0.1) is 0 Å². The molecule has 5 rings (SSSR count). The van der Waals surface area contributed by atoms with Gasteiger partial charge in [-0.1, -0.05) is 6.07 Å². The van der Waals surface area contributed by atoms with Crippen molar-refractivity contribution in [1.82, 2.24) is 24.3 Å². The normalized spacial score (nSPS) is 14.3. The lowest BCUT2D eigenvalue weighted by Crippen LogP contribution is -2.49. The molecule has 0 atom stereocenters. The minimum Gasteiger partial charge on any atom is -0.353 e. The number of pyridine rings is 1. The Labute approximate surface area is 172 Å². The Balaban J connectivity index is 1.37. The zero-order chi connectivity index (χ0) is 20.5. The molecule has 7 nitrogen and oxygen atoms in total. The van der Waals surface area contributed by atoms with Crippen LogP contribution in [0, 0.1) is 5.82 Å². The highest BCUT2D eigenvalue weighted by Crippen LogP contribution is 2.23. The number of benzene rings is 1. The van der Waals surface area contributed by atoms with Crippen molar-refractivity contribution >= 4 is 17.4 Å². The first-order valence-corrected chi connectivity index (χ1v) is 9.74. The molecule has 150 valence electrons. The molecular formula is C22H19FN6O. The van der Waals surface area contributed by atoms with Gasteiger partial charge in [-0.15, -0.1) is 0 Å². The van der Waals surface area contributed by atoms with E-state index < -0.39 is 0 Å². The molecule has 0 aliphatic carbocycles. The Bertz CT molecular complexity index is 1180. The number of amides is 1. The summed E-state index contributed by atoms with van der Waals surface area (Å²) in [6, 6.07) is 11.9. The summed E-state index contributed by atoms with van der Waals surface area (Å²) in [5.41, 5.74) is 2.30. The number of imidazole rings is 1. The van der Waals surface area contributed by atoms with Gasteiger partial charge in [0, 0.05) is 56.5 Å². The average Bonchev–Trinajstić information content (AvgIpc) is 3.24. The van der Waals surface area contributed by atoms with Crippen molar-refractivity contribution in [3.8, 4) is 11.3 Å². The van der Waals surface area contributed by atoms with Crippen LogP contribution in [-0.4, -0.2) is 56.3 Å². The highest BCUT2D eigenvalue weighted by molar-refractivity contribution is 5.93. The van der Waals surface area contributed by atoms with Gasteiger partial charge in [-0.3, -0.25) is 9.78 Å². The van der Waals surface area contributed by atoms with Crippen molar-refractivity contribution in [2.75, 3.05) is 31.1 Å². The zero-order valence-electron chi connectivity index (χ0n) is 16.1. The average molecular weight is 402 g/mol. The van der Waals surface area contributed by atoms with Crippen molar-refractivity contribution in [3.05, 3.63) is 78.8 Å². The topological polar surface area (TPSA) is 66.6 Å². The van der Waals surface area contributed by atoms with Crippen LogP contribution >= 0.6 is 0 Å². The van der Waals surface area contributed by atoms with Crippen LogP contribution in [0.15, 0.2) is 67.3 Å². The first kappa shape index (κ1) is 18.2. The molecule has 0 radical (unpaired) electrons. The predicted molar refractivity (Wildman–Crippen MR) is 111 cm³/mol. The van der Waals surface area contributed by atoms with Crippen LogP contribution in [-0.2, 0) is 0 Å². The van der Waals surface area contributed by atoms with Crippen molar-refractivity contribution in [3.63, 3.8) is 0 Å². The van der Waals surface area contributed by atoms with E-state index in [-0.39, 0.29) is 11.7 Å². The number of carbonyl (C=O) groups is 1. The monoisotopic (exact) mass is 402 g/mol. The number of halogens is 1. The maximum absolute atomic E-state index is 13.3.